The lowest BCUT2D eigenvalue weighted by Crippen LogP contribution is -2.33. The Hall–Kier alpha value is -3.02. The Morgan fingerprint density at radius 3 is 2.32 bits per heavy atom. The maximum absolute atomic E-state index is 12.4. The van der Waals surface area contributed by atoms with Gasteiger partial charge in [-0.3, -0.25) is 24.7 Å². The first-order valence-corrected chi connectivity index (χ1v) is 9.35. The van der Waals surface area contributed by atoms with E-state index < -0.39 is 5.41 Å². The predicted molar refractivity (Wildman–Crippen MR) is 106 cm³/mol. The third-order valence-electron chi connectivity index (χ3n) is 5.52. The number of hydrogen-bond acceptors (Lipinski definition) is 4. The molecule has 2 atom stereocenters. The minimum atomic E-state index is -0.766. The number of carbonyl (C=O) groups excluding carboxylic acids is 3. The normalized spacial score (nSPS) is 20.0. The summed E-state index contributed by atoms with van der Waals surface area (Å²) >= 11 is 0. The molecule has 1 aromatic heterocycles. The molecule has 6 heteroatoms. The summed E-state index contributed by atoms with van der Waals surface area (Å²) in [4.78, 5) is 40.5. The number of aryl methyl sites for hydroxylation is 2. The van der Waals surface area contributed by atoms with Gasteiger partial charge in [0.25, 0.3) is 5.91 Å². The third kappa shape index (κ3) is 3.96. The average Bonchev–Trinajstić information content (AvgIpc) is 2.91. The van der Waals surface area contributed by atoms with Gasteiger partial charge in [-0.05, 0) is 62.1 Å². The number of benzene rings is 1. The van der Waals surface area contributed by atoms with Crippen LogP contribution in [0, 0.1) is 19.3 Å². The maximum Gasteiger partial charge on any atom is 0.251 e. The van der Waals surface area contributed by atoms with E-state index in [9.17, 15) is 14.4 Å². The van der Waals surface area contributed by atoms with Crippen molar-refractivity contribution in [3.63, 3.8) is 0 Å². The summed E-state index contributed by atoms with van der Waals surface area (Å²) in [5, 5.41) is 5.30. The quantitative estimate of drug-likeness (QED) is 0.782. The van der Waals surface area contributed by atoms with Crippen molar-refractivity contribution in [2.45, 2.75) is 46.6 Å². The van der Waals surface area contributed by atoms with Crippen molar-refractivity contribution < 1.29 is 14.4 Å². The molecule has 0 unspecified atom stereocenters. The van der Waals surface area contributed by atoms with Gasteiger partial charge in [0.1, 0.15) is 0 Å². The smallest absolute Gasteiger partial charge is 0.251 e. The molecule has 1 saturated heterocycles. The number of nitrogens with zero attached hydrogens (tertiary/aromatic N) is 1. The number of carbonyl (C=O) groups is 3. The van der Waals surface area contributed by atoms with Crippen LogP contribution < -0.4 is 10.6 Å². The van der Waals surface area contributed by atoms with Gasteiger partial charge in [-0.15, -0.1) is 0 Å². The van der Waals surface area contributed by atoms with E-state index in [0.717, 1.165) is 22.5 Å². The van der Waals surface area contributed by atoms with Crippen LogP contribution in [0.3, 0.4) is 0 Å². The summed E-state index contributed by atoms with van der Waals surface area (Å²) in [6, 6.07) is 11.1. The second-order valence-corrected chi connectivity index (χ2v) is 7.76. The SMILES string of the molecule is Cc1cc(CNC(=O)c2ccc([C@@H](C)[C@]3(C)CC(=O)NC3=O)cc2)cc(C)n1. The highest BCUT2D eigenvalue weighted by Gasteiger charge is 2.46. The zero-order valence-corrected chi connectivity index (χ0v) is 16.6. The van der Waals surface area contributed by atoms with Crippen molar-refractivity contribution in [1.82, 2.24) is 15.6 Å². The van der Waals surface area contributed by atoms with Gasteiger partial charge in [-0.1, -0.05) is 19.1 Å². The van der Waals surface area contributed by atoms with Crippen LogP contribution >= 0.6 is 0 Å². The molecule has 0 bridgehead atoms. The number of amides is 3. The van der Waals surface area contributed by atoms with Crippen LogP contribution in [-0.4, -0.2) is 22.7 Å². The molecule has 6 nitrogen and oxygen atoms in total. The van der Waals surface area contributed by atoms with Gasteiger partial charge in [0.05, 0.1) is 5.41 Å². The molecule has 3 rings (SSSR count). The first-order valence-electron chi connectivity index (χ1n) is 9.35. The van der Waals surface area contributed by atoms with Gasteiger partial charge in [0, 0.05) is 29.9 Å². The molecule has 28 heavy (non-hydrogen) atoms. The third-order valence-corrected chi connectivity index (χ3v) is 5.52. The highest BCUT2D eigenvalue weighted by Crippen LogP contribution is 2.41. The molecule has 3 amide bonds. The molecule has 2 aromatic rings. The molecule has 1 aliphatic rings. The summed E-state index contributed by atoms with van der Waals surface area (Å²) in [6.07, 6.45) is 0.181. The second-order valence-electron chi connectivity index (χ2n) is 7.76. The number of hydrogen-bond donors (Lipinski definition) is 2. The molecule has 1 aliphatic heterocycles. The molecule has 0 aliphatic carbocycles. The van der Waals surface area contributed by atoms with E-state index >= 15 is 0 Å². The zero-order chi connectivity index (χ0) is 20.5. The fourth-order valence-corrected chi connectivity index (χ4v) is 3.68. The van der Waals surface area contributed by atoms with Crippen molar-refractivity contribution in [1.29, 1.82) is 0 Å². The second kappa shape index (κ2) is 7.54. The monoisotopic (exact) mass is 379 g/mol. The Balaban J connectivity index is 1.67. The fraction of sp³-hybridized carbons (Fsp3) is 0.364. The molecule has 0 saturated carbocycles. The van der Waals surface area contributed by atoms with Gasteiger partial charge in [-0.25, -0.2) is 0 Å². The fourth-order valence-electron chi connectivity index (χ4n) is 3.68. The Kier molecular flexibility index (Phi) is 5.31. The van der Waals surface area contributed by atoms with Gasteiger partial charge < -0.3 is 5.32 Å². The van der Waals surface area contributed by atoms with Crippen molar-refractivity contribution in [3.05, 3.63) is 64.5 Å². The van der Waals surface area contributed by atoms with Crippen LogP contribution in [0.2, 0.25) is 0 Å². The van der Waals surface area contributed by atoms with Crippen LogP contribution in [0.5, 0.6) is 0 Å². The molecule has 2 N–H and O–H groups in total. The molecular formula is C22H25N3O3. The zero-order valence-electron chi connectivity index (χ0n) is 16.6. The Morgan fingerprint density at radius 1 is 1.18 bits per heavy atom. The minimum Gasteiger partial charge on any atom is -0.348 e. The summed E-state index contributed by atoms with van der Waals surface area (Å²) in [6.45, 7) is 8.02. The van der Waals surface area contributed by atoms with E-state index in [1.807, 2.05) is 45.0 Å². The largest absolute Gasteiger partial charge is 0.348 e. The van der Waals surface area contributed by atoms with E-state index in [1.165, 1.54) is 0 Å². The Labute approximate surface area is 164 Å². The first kappa shape index (κ1) is 19.7. The topological polar surface area (TPSA) is 88.2 Å². The molecule has 1 fully saturated rings. The average molecular weight is 379 g/mol. The minimum absolute atomic E-state index is 0.140. The van der Waals surface area contributed by atoms with E-state index in [-0.39, 0.29) is 30.1 Å². The van der Waals surface area contributed by atoms with E-state index in [0.29, 0.717) is 12.1 Å². The van der Waals surface area contributed by atoms with Crippen LogP contribution in [0.15, 0.2) is 36.4 Å². The number of rotatable bonds is 5. The Bertz CT molecular complexity index is 916. The molecule has 146 valence electrons. The lowest BCUT2D eigenvalue weighted by Gasteiger charge is -2.28. The molecule has 0 spiro atoms. The van der Waals surface area contributed by atoms with Crippen molar-refractivity contribution >= 4 is 17.7 Å². The lowest BCUT2D eigenvalue weighted by atomic mass is 9.73. The van der Waals surface area contributed by atoms with Crippen LogP contribution in [0.1, 0.15) is 59.1 Å². The standard InChI is InChI=1S/C22H25N3O3/c1-13-9-16(10-14(2)24-13)12-23-20(27)18-7-5-17(6-8-18)15(3)22(4)11-19(26)25-21(22)28/h5-10,15H,11-12H2,1-4H3,(H,23,27)(H,25,26,28)/t15-,22+/m1/s1. The first-order chi connectivity index (χ1) is 13.2. The van der Waals surface area contributed by atoms with E-state index in [4.69, 9.17) is 0 Å². The van der Waals surface area contributed by atoms with Crippen LogP contribution in [-0.2, 0) is 16.1 Å². The number of nitrogens with one attached hydrogen (secondary N) is 2. The molecule has 1 aromatic carbocycles. The lowest BCUT2D eigenvalue weighted by molar-refractivity contribution is -0.128. The van der Waals surface area contributed by atoms with Gasteiger partial charge >= 0.3 is 0 Å². The van der Waals surface area contributed by atoms with Gasteiger partial charge in [-0.2, -0.15) is 0 Å². The summed E-state index contributed by atoms with van der Waals surface area (Å²) < 4.78 is 0. The maximum atomic E-state index is 12.4. The van der Waals surface area contributed by atoms with Crippen LogP contribution in [0.4, 0.5) is 0 Å². The summed E-state index contributed by atoms with van der Waals surface area (Å²) in [5.41, 5.74) is 3.56. The Morgan fingerprint density at radius 2 is 1.79 bits per heavy atom. The highest BCUT2D eigenvalue weighted by atomic mass is 16.2. The van der Waals surface area contributed by atoms with Crippen molar-refractivity contribution in [3.8, 4) is 0 Å². The van der Waals surface area contributed by atoms with Crippen LogP contribution in [0.25, 0.3) is 0 Å². The molecule has 0 radical (unpaired) electrons. The molecule has 2 heterocycles. The van der Waals surface area contributed by atoms with Gasteiger partial charge in [0.15, 0.2) is 0 Å². The predicted octanol–water partition coefficient (Wildman–Crippen LogP) is 2.78. The number of pyridine rings is 1. The summed E-state index contributed by atoms with van der Waals surface area (Å²) in [5.74, 6) is -0.781. The number of aromatic nitrogens is 1. The van der Waals surface area contributed by atoms with Gasteiger partial charge in [0.2, 0.25) is 11.8 Å². The number of imide groups is 1. The molecular weight excluding hydrogens is 354 g/mol. The van der Waals surface area contributed by atoms with E-state index in [2.05, 4.69) is 15.6 Å². The van der Waals surface area contributed by atoms with E-state index in [1.54, 1.807) is 19.1 Å². The van der Waals surface area contributed by atoms with Crippen molar-refractivity contribution in [2.75, 3.05) is 0 Å². The summed E-state index contributed by atoms with van der Waals surface area (Å²) in [7, 11) is 0. The highest BCUT2D eigenvalue weighted by molar-refractivity contribution is 6.06. The van der Waals surface area contributed by atoms with Crippen molar-refractivity contribution in [2.24, 2.45) is 5.41 Å².